The van der Waals surface area contributed by atoms with Gasteiger partial charge in [-0.2, -0.15) is 0 Å². The molecule has 2 N–H and O–H groups in total. The molecule has 2 aliphatic heterocycles. The quantitative estimate of drug-likeness (QED) is 0.406. The van der Waals surface area contributed by atoms with Crippen LogP contribution < -0.4 is 11.1 Å². The van der Waals surface area contributed by atoms with Crippen LogP contribution >= 0.6 is 0 Å². The number of likely N-dealkylation sites (tertiary alicyclic amines) is 2. The van der Waals surface area contributed by atoms with E-state index < -0.39 is 11.1 Å². The maximum absolute atomic E-state index is 14.2. The lowest BCUT2D eigenvalue weighted by Gasteiger charge is -2.59. The topological polar surface area (TPSA) is 113 Å². The molecule has 272 valence electrons. The molecular formula is C41H54N6O4. The molecule has 0 spiro atoms. The lowest BCUT2D eigenvalue weighted by atomic mass is 9.56. The van der Waals surface area contributed by atoms with E-state index >= 15 is 0 Å². The van der Waals surface area contributed by atoms with Crippen molar-refractivity contribution in [2.45, 2.75) is 82.7 Å². The minimum absolute atomic E-state index is 0.0750. The fourth-order valence-corrected chi connectivity index (χ4v) is 11.8. The standard InChI is InChI=1S/C41H54N6O4/c1-26-18-28-20-34-32(10-12-36(48)42-34)40(22-26)30(28)8-5-16-46(40)38(50)24-44(3)14-7-15-45(4)25-39(51)47-17-6-9-31-29-19-27(2)23-41(31,47)33-11-13-37(49)43-35(33)21-29/h10-13,18-19,28-31H,5-9,14-17,20-25H2,1-4H3,(H,42,48)(H,43,49)/t28-,29-,30+,31+,40-,41-/m0/s1. The number of aromatic nitrogens is 2. The number of amides is 2. The normalized spacial score (nSPS) is 30.5. The summed E-state index contributed by atoms with van der Waals surface area (Å²) in [5.41, 5.74) is 5.98. The molecule has 10 nitrogen and oxygen atoms in total. The van der Waals surface area contributed by atoms with Crippen molar-refractivity contribution < 1.29 is 9.59 Å². The molecule has 4 bridgehead atoms. The number of allylic oxidation sites excluding steroid dienone is 2. The number of H-pyrrole nitrogens is 2. The van der Waals surface area contributed by atoms with E-state index in [9.17, 15) is 19.2 Å². The number of hydrogen-bond acceptors (Lipinski definition) is 6. The van der Waals surface area contributed by atoms with E-state index in [4.69, 9.17) is 0 Å². The maximum Gasteiger partial charge on any atom is 0.248 e. The summed E-state index contributed by atoms with van der Waals surface area (Å²) in [6.45, 7) is 8.05. The van der Waals surface area contributed by atoms with Crippen molar-refractivity contribution in [3.8, 4) is 0 Å². The SMILES string of the molecule is CC1=C[C@H]2Cc3[nH]c(=O)ccc3[C@]3(C1)[C@@H]2CCCN3C(=O)CN(C)CCCN(C)CC(=O)N1CCC[C@@H]2[C@H]3C=C(C)C[C@@]21c1ccc(=O)[nH]c1C3. The van der Waals surface area contributed by atoms with Crippen molar-refractivity contribution in [2.75, 3.05) is 53.4 Å². The Kier molecular flexibility index (Phi) is 8.77. The first-order valence-corrected chi connectivity index (χ1v) is 19.3. The third-order valence-corrected chi connectivity index (χ3v) is 13.4. The van der Waals surface area contributed by atoms with Crippen LogP contribution in [0, 0.1) is 23.7 Å². The summed E-state index contributed by atoms with van der Waals surface area (Å²) in [5.74, 6) is 1.72. The van der Waals surface area contributed by atoms with E-state index in [1.807, 2.05) is 26.2 Å². The molecule has 4 aliphatic carbocycles. The number of carbonyl (C=O) groups is 2. The lowest BCUT2D eigenvalue weighted by Crippen LogP contribution is -2.63. The van der Waals surface area contributed by atoms with Gasteiger partial charge in [-0.25, -0.2) is 0 Å². The summed E-state index contributed by atoms with van der Waals surface area (Å²) in [6.07, 6.45) is 13.1. The van der Waals surface area contributed by atoms with Gasteiger partial charge in [0.15, 0.2) is 0 Å². The Labute approximate surface area is 301 Å². The van der Waals surface area contributed by atoms with E-state index in [-0.39, 0.29) is 22.9 Å². The number of hydrogen-bond donors (Lipinski definition) is 2. The minimum atomic E-state index is -0.397. The smallest absolute Gasteiger partial charge is 0.248 e. The first-order chi connectivity index (χ1) is 24.5. The van der Waals surface area contributed by atoms with Crippen LogP contribution in [0.5, 0.6) is 0 Å². The van der Waals surface area contributed by atoms with Crippen LogP contribution in [0.1, 0.15) is 81.3 Å². The van der Waals surface area contributed by atoms with E-state index in [2.05, 4.69) is 55.6 Å². The second kappa shape index (κ2) is 13.0. The molecule has 0 unspecified atom stereocenters. The summed E-state index contributed by atoms with van der Waals surface area (Å²) in [7, 11) is 4.05. The van der Waals surface area contributed by atoms with Crippen molar-refractivity contribution in [1.82, 2.24) is 29.6 Å². The van der Waals surface area contributed by atoms with E-state index in [0.29, 0.717) is 36.8 Å². The van der Waals surface area contributed by atoms with Gasteiger partial charge in [0.2, 0.25) is 22.9 Å². The van der Waals surface area contributed by atoms with Crippen molar-refractivity contribution in [2.24, 2.45) is 23.7 Å². The number of pyridine rings is 2. The lowest BCUT2D eigenvalue weighted by molar-refractivity contribution is -0.149. The fraction of sp³-hybridized carbons (Fsp3) is 0.610. The average Bonchev–Trinajstić information content (AvgIpc) is 3.06. The summed E-state index contributed by atoms with van der Waals surface area (Å²) >= 11 is 0. The van der Waals surface area contributed by atoms with Gasteiger partial charge in [-0.3, -0.25) is 29.0 Å². The molecule has 6 atom stereocenters. The zero-order valence-electron chi connectivity index (χ0n) is 30.8. The average molecular weight is 695 g/mol. The minimum Gasteiger partial charge on any atom is -0.331 e. The first-order valence-electron chi connectivity index (χ1n) is 19.3. The van der Waals surface area contributed by atoms with Crippen molar-refractivity contribution in [3.63, 3.8) is 0 Å². The highest BCUT2D eigenvalue weighted by molar-refractivity contribution is 5.80. The van der Waals surface area contributed by atoms with Gasteiger partial charge in [0.05, 0.1) is 24.2 Å². The molecule has 0 saturated carbocycles. The summed E-state index contributed by atoms with van der Waals surface area (Å²) in [5, 5.41) is 0. The second-order valence-electron chi connectivity index (χ2n) is 16.8. The third-order valence-electron chi connectivity index (χ3n) is 13.4. The summed E-state index contributed by atoms with van der Waals surface area (Å²) in [4.78, 5) is 67.8. The van der Waals surface area contributed by atoms with Crippen LogP contribution in [-0.2, 0) is 33.5 Å². The van der Waals surface area contributed by atoms with Crippen molar-refractivity contribution >= 4 is 11.8 Å². The maximum atomic E-state index is 14.2. The highest BCUT2D eigenvalue weighted by atomic mass is 16.2. The van der Waals surface area contributed by atoms with Crippen LogP contribution in [0.25, 0.3) is 0 Å². The van der Waals surface area contributed by atoms with Gasteiger partial charge >= 0.3 is 0 Å². The van der Waals surface area contributed by atoms with Crippen LogP contribution in [-0.4, -0.2) is 94.7 Å². The Morgan fingerprint density at radius 2 is 1.16 bits per heavy atom. The monoisotopic (exact) mass is 694 g/mol. The molecule has 51 heavy (non-hydrogen) atoms. The van der Waals surface area contributed by atoms with E-state index in [1.54, 1.807) is 12.1 Å². The number of nitrogens with one attached hydrogen (secondary N) is 2. The molecule has 2 aromatic rings. The Hall–Kier alpha value is -3.76. The fourth-order valence-electron chi connectivity index (χ4n) is 11.8. The molecular weight excluding hydrogens is 640 g/mol. The number of nitrogens with zero attached hydrogens (tertiary/aromatic N) is 4. The highest BCUT2D eigenvalue weighted by Gasteiger charge is 2.58. The molecule has 2 saturated heterocycles. The van der Waals surface area contributed by atoms with Crippen LogP contribution in [0.4, 0.5) is 0 Å². The Balaban J connectivity index is 0.912. The molecule has 4 heterocycles. The number of likely N-dealkylation sites (N-methyl/N-ethyl adjacent to an activating group) is 2. The third kappa shape index (κ3) is 5.68. The molecule has 0 radical (unpaired) electrons. The molecule has 2 aromatic heterocycles. The molecule has 0 aromatic carbocycles. The van der Waals surface area contributed by atoms with Crippen LogP contribution in [0.15, 0.2) is 57.2 Å². The van der Waals surface area contributed by atoms with Crippen molar-refractivity contribution in [1.29, 1.82) is 0 Å². The van der Waals surface area contributed by atoms with Gasteiger partial charge in [-0.15, -0.1) is 0 Å². The Bertz CT molecular complexity index is 1780. The number of carbonyl (C=O) groups excluding carboxylic acids is 2. The van der Waals surface area contributed by atoms with Gasteiger partial charge < -0.3 is 19.8 Å². The molecule has 6 aliphatic rings. The largest absolute Gasteiger partial charge is 0.331 e. The van der Waals surface area contributed by atoms with Gasteiger partial charge in [0.25, 0.3) is 0 Å². The summed E-state index contributed by atoms with van der Waals surface area (Å²) in [6, 6.07) is 7.24. The number of fused-ring (bicyclic) bond motifs is 2. The predicted octanol–water partition coefficient (Wildman–Crippen LogP) is 3.93. The van der Waals surface area contributed by atoms with Gasteiger partial charge in [-0.05, 0) is 146 Å². The molecule has 8 rings (SSSR count). The molecule has 2 amide bonds. The van der Waals surface area contributed by atoms with Crippen molar-refractivity contribution in [3.05, 3.63) is 90.8 Å². The first kappa shape index (κ1) is 34.3. The predicted molar refractivity (Wildman–Crippen MR) is 197 cm³/mol. The Morgan fingerprint density at radius 1 is 0.725 bits per heavy atom. The highest BCUT2D eigenvalue weighted by Crippen LogP contribution is 2.58. The molecule has 2 fully saturated rings. The molecule has 10 heteroatoms. The number of rotatable bonds is 8. The van der Waals surface area contributed by atoms with Gasteiger partial charge in [-0.1, -0.05) is 23.3 Å². The number of piperidine rings is 2. The van der Waals surface area contributed by atoms with Crippen LogP contribution in [0.2, 0.25) is 0 Å². The van der Waals surface area contributed by atoms with E-state index in [1.165, 1.54) is 11.1 Å². The van der Waals surface area contributed by atoms with Gasteiger partial charge in [0, 0.05) is 36.6 Å². The zero-order chi connectivity index (χ0) is 35.7. The summed E-state index contributed by atoms with van der Waals surface area (Å²) < 4.78 is 0. The second-order valence-corrected chi connectivity index (χ2v) is 16.8. The van der Waals surface area contributed by atoms with Crippen LogP contribution in [0.3, 0.4) is 0 Å². The Morgan fingerprint density at radius 3 is 1.59 bits per heavy atom. The zero-order valence-corrected chi connectivity index (χ0v) is 30.8. The van der Waals surface area contributed by atoms with E-state index in [0.717, 1.165) is 106 Å². The van der Waals surface area contributed by atoms with Gasteiger partial charge in [0.1, 0.15) is 0 Å². The number of aromatic amines is 2.